The van der Waals surface area contributed by atoms with E-state index < -0.39 is 0 Å². The van der Waals surface area contributed by atoms with Gasteiger partial charge >= 0.3 is 0 Å². The Morgan fingerprint density at radius 2 is 2.17 bits per heavy atom. The van der Waals surface area contributed by atoms with E-state index in [1.165, 1.54) is 12.1 Å². The van der Waals surface area contributed by atoms with Crippen LogP contribution in [-0.4, -0.2) is 41.5 Å². The highest BCUT2D eigenvalue weighted by molar-refractivity contribution is 6.06. The van der Waals surface area contributed by atoms with Crippen molar-refractivity contribution in [1.29, 1.82) is 0 Å². The van der Waals surface area contributed by atoms with E-state index in [-0.39, 0.29) is 17.8 Å². The van der Waals surface area contributed by atoms with Crippen molar-refractivity contribution in [2.45, 2.75) is 31.7 Å². The van der Waals surface area contributed by atoms with Crippen molar-refractivity contribution < 1.29 is 9.18 Å². The summed E-state index contributed by atoms with van der Waals surface area (Å²) < 4.78 is 13.7. The molecular weight excluding hydrogens is 293 g/mol. The Bertz CT molecular complexity index is 772. The molecule has 4 rings (SSSR count). The summed E-state index contributed by atoms with van der Waals surface area (Å²) in [5.41, 5.74) is 2.27. The number of rotatable bonds is 2. The Morgan fingerprint density at radius 1 is 1.35 bits per heavy atom. The number of halogens is 1. The number of carbonyl (C=O) groups is 1. The highest BCUT2D eigenvalue weighted by Gasteiger charge is 2.30. The van der Waals surface area contributed by atoms with Gasteiger partial charge in [-0.25, -0.2) is 4.39 Å². The SMILES string of the molecule is CC1CNCCN1C(=O)c1cc(C2CC2)nc2ccc(F)cc12. The van der Waals surface area contributed by atoms with Crippen molar-refractivity contribution in [3.8, 4) is 0 Å². The van der Waals surface area contributed by atoms with Crippen molar-refractivity contribution in [3.63, 3.8) is 0 Å². The lowest BCUT2D eigenvalue weighted by molar-refractivity contribution is 0.0657. The molecule has 0 spiro atoms. The second-order valence-electron chi connectivity index (χ2n) is 6.58. The number of aromatic nitrogens is 1. The molecule has 2 heterocycles. The van der Waals surface area contributed by atoms with Crippen LogP contribution in [0.4, 0.5) is 4.39 Å². The van der Waals surface area contributed by atoms with E-state index in [0.717, 1.165) is 31.6 Å². The topological polar surface area (TPSA) is 45.2 Å². The molecule has 1 atom stereocenters. The molecule has 2 fully saturated rings. The highest BCUT2D eigenvalue weighted by Crippen LogP contribution is 2.40. The second-order valence-corrected chi connectivity index (χ2v) is 6.58. The van der Waals surface area contributed by atoms with E-state index in [2.05, 4.69) is 10.3 Å². The van der Waals surface area contributed by atoms with Crippen LogP contribution in [0.2, 0.25) is 0 Å². The summed E-state index contributed by atoms with van der Waals surface area (Å²) in [7, 11) is 0. The zero-order chi connectivity index (χ0) is 16.0. The number of amides is 1. The number of nitrogens with one attached hydrogen (secondary N) is 1. The van der Waals surface area contributed by atoms with Gasteiger partial charge in [0, 0.05) is 42.7 Å². The van der Waals surface area contributed by atoms with Crippen LogP contribution < -0.4 is 5.32 Å². The molecule has 2 aromatic rings. The number of hydrogen-bond donors (Lipinski definition) is 1. The molecule has 1 aliphatic heterocycles. The number of hydrogen-bond acceptors (Lipinski definition) is 3. The van der Waals surface area contributed by atoms with Crippen molar-refractivity contribution in [2.24, 2.45) is 0 Å². The third-order valence-electron chi connectivity index (χ3n) is 4.78. The summed E-state index contributed by atoms with van der Waals surface area (Å²) in [6.07, 6.45) is 2.24. The molecule has 2 aliphatic rings. The summed E-state index contributed by atoms with van der Waals surface area (Å²) in [5.74, 6) is 0.108. The van der Waals surface area contributed by atoms with Crippen molar-refractivity contribution in [2.75, 3.05) is 19.6 Å². The van der Waals surface area contributed by atoms with E-state index in [9.17, 15) is 9.18 Å². The quantitative estimate of drug-likeness (QED) is 0.927. The first-order chi connectivity index (χ1) is 11.1. The molecule has 1 aromatic heterocycles. The van der Waals surface area contributed by atoms with E-state index >= 15 is 0 Å². The Hall–Kier alpha value is -2.01. The Labute approximate surface area is 134 Å². The fourth-order valence-electron chi connectivity index (χ4n) is 3.28. The van der Waals surface area contributed by atoms with Gasteiger partial charge in [-0.2, -0.15) is 0 Å². The highest BCUT2D eigenvalue weighted by atomic mass is 19.1. The first-order valence-electron chi connectivity index (χ1n) is 8.25. The average Bonchev–Trinajstić information content (AvgIpc) is 3.38. The Morgan fingerprint density at radius 3 is 2.91 bits per heavy atom. The molecule has 1 amide bonds. The zero-order valence-electron chi connectivity index (χ0n) is 13.2. The third kappa shape index (κ3) is 2.70. The molecule has 0 radical (unpaired) electrons. The Kier molecular flexibility index (Phi) is 3.53. The Balaban J connectivity index is 1.83. The van der Waals surface area contributed by atoms with E-state index in [1.54, 1.807) is 6.07 Å². The smallest absolute Gasteiger partial charge is 0.254 e. The molecule has 120 valence electrons. The number of piperazine rings is 1. The van der Waals surface area contributed by atoms with Gasteiger partial charge in [0.05, 0.1) is 11.1 Å². The van der Waals surface area contributed by atoms with Crippen LogP contribution in [-0.2, 0) is 0 Å². The first kappa shape index (κ1) is 14.6. The molecule has 1 unspecified atom stereocenters. The van der Waals surface area contributed by atoms with Crippen molar-refractivity contribution in [1.82, 2.24) is 15.2 Å². The maximum absolute atomic E-state index is 13.7. The second kappa shape index (κ2) is 5.57. The van der Waals surface area contributed by atoms with Crippen LogP contribution in [0.3, 0.4) is 0 Å². The largest absolute Gasteiger partial charge is 0.333 e. The average molecular weight is 313 g/mol. The van der Waals surface area contributed by atoms with Crippen LogP contribution >= 0.6 is 0 Å². The lowest BCUT2D eigenvalue weighted by Gasteiger charge is -2.34. The van der Waals surface area contributed by atoms with Gasteiger partial charge in [0.15, 0.2) is 0 Å². The maximum Gasteiger partial charge on any atom is 0.254 e. The number of pyridine rings is 1. The molecule has 1 saturated carbocycles. The zero-order valence-corrected chi connectivity index (χ0v) is 13.2. The number of fused-ring (bicyclic) bond motifs is 1. The summed E-state index contributed by atoms with van der Waals surface area (Å²) in [4.78, 5) is 19.6. The molecule has 4 nitrogen and oxygen atoms in total. The molecule has 1 aliphatic carbocycles. The first-order valence-corrected chi connectivity index (χ1v) is 8.25. The van der Waals surface area contributed by atoms with E-state index in [4.69, 9.17) is 0 Å². The standard InChI is InChI=1S/C18H20FN3O/c1-11-10-20-6-7-22(11)18(23)15-9-17(12-2-3-12)21-16-5-4-13(19)8-14(15)16/h4-5,8-9,11-12,20H,2-3,6-7,10H2,1H3. The van der Waals surface area contributed by atoms with E-state index in [1.807, 2.05) is 17.9 Å². The van der Waals surface area contributed by atoms with Crippen molar-refractivity contribution in [3.05, 3.63) is 41.3 Å². The van der Waals surface area contributed by atoms with Crippen LogP contribution in [0.5, 0.6) is 0 Å². The predicted molar refractivity (Wildman–Crippen MR) is 87.0 cm³/mol. The van der Waals surface area contributed by atoms with Crippen LogP contribution in [0.15, 0.2) is 24.3 Å². The fraction of sp³-hybridized carbons (Fsp3) is 0.444. The van der Waals surface area contributed by atoms with Gasteiger partial charge in [0.25, 0.3) is 5.91 Å². The molecule has 5 heteroatoms. The summed E-state index contributed by atoms with van der Waals surface area (Å²) >= 11 is 0. The summed E-state index contributed by atoms with van der Waals surface area (Å²) in [5, 5.41) is 3.91. The number of carbonyl (C=O) groups excluding carboxylic acids is 1. The van der Waals surface area contributed by atoms with Crippen molar-refractivity contribution >= 4 is 16.8 Å². The van der Waals surface area contributed by atoms with Gasteiger partial charge in [-0.3, -0.25) is 9.78 Å². The summed E-state index contributed by atoms with van der Waals surface area (Å²) in [6.45, 7) is 4.30. The monoisotopic (exact) mass is 313 g/mol. The predicted octanol–water partition coefficient (Wildman–Crippen LogP) is 2.69. The van der Waals surface area contributed by atoms with Gasteiger partial charge in [-0.1, -0.05) is 0 Å². The van der Waals surface area contributed by atoms with Gasteiger partial charge in [-0.05, 0) is 44.0 Å². The fourth-order valence-corrected chi connectivity index (χ4v) is 3.28. The maximum atomic E-state index is 13.7. The van der Waals surface area contributed by atoms with Gasteiger partial charge < -0.3 is 10.2 Å². The lowest BCUT2D eigenvalue weighted by Crippen LogP contribution is -2.52. The van der Waals surface area contributed by atoms with Gasteiger partial charge in [0.2, 0.25) is 0 Å². The normalized spacial score (nSPS) is 21.7. The molecule has 1 N–H and O–H groups in total. The third-order valence-corrected chi connectivity index (χ3v) is 4.78. The minimum Gasteiger partial charge on any atom is -0.333 e. The minimum atomic E-state index is -0.333. The number of nitrogens with zero attached hydrogens (tertiary/aromatic N) is 2. The molecule has 23 heavy (non-hydrogen) atoms. The molecular formula is C18H20FN3O. The van der Waals surface area contributed by atoms with Crippen LogP contribution in [0.25, 0.3) is 10.9 Å². The van der Waals surface area contributed by atoms with Gasteiger partial charge in [-0.15, -0.1) is 0 Å². The van der Waals surface area contributed by atoms with Crippen LogP contribution in [0, 0.1) is 5.82 Å². The van der Waals surface area contributed by atoms with E-state index in [0.29, 0.717) is 28.9 Å². The van der Waals surface area contributed by atoms with Gasteiger partial charge in [0.1, 0.15) is 5.82 Å². The minimum absolute atomic E-state index is 0.0149. The molecule has 1 saturated heterocycles. The summed E-state index contributed by atoms with van der Waals surface area (Å²) in [6, 6.07) is 6.54. The van der Waals surface area contributed by atoms with Crippen LogP contribution in [0.1, 0.15) is 41.7 Å². The molecule has 0 bridgehead atoms. The number of benzene rings is 1. The lowest BCUT2D eigenvalue weighted by atomic mass is 10.0. The molecule has 1 aromatic carbocycles.